The van der Waals surface area contributed by atoms with Crippen molar-refractivity contribution in [3.8, 4) is 0 Å². The summed E-state index contributed by atoms with van der Waals surface area (Å²) in [6, 6.07) is 10.1. The number of para-hydroxylation sites is 1. The molecule has 1 aromatic carbocycles. The zero-order valence-electron chi connectivity index (χ0n) is 8.87. The van der Waals surface area contributed by atoms with Crippen LogP contribution in [-0.4, -0.2) is 24.0 Å². The molecule has 0 radical (unpaired) electrons. The number of hydrogen-bond donors (Lipinski definition) is 0. The van der Waals surface area contributed by atoms with Crippen LogP contribution in [0.25, 0.3) is 10.9 Å². The van der Waals surface area contributed by atoms with Crippen LogP contribution in [0.5, 0.6) is 0 Å². The van der Waals surface area contributed by atoms with E-state index in [9.17, 15) is 0 Å². The second kappa shape index (κ2) is 4.17. The Morgan fingerprint density at radius 2 is 2.00 bits per heavy atom. The maximum absolute atomic E-state index is 6.11. The van der Waals surface area contributed by atoms with Gasteiger partial charge in [0, 0.05) is 17.5 Å². The molecule has 1 heterocycles. The van der Waals surface area contributed by atoms with Gasteiger partial charge in [-0.2, -0.15) is 0 Å². The number of hydrogen-bond acceptors (Lipinski definition) is 2. The Morgan fingerprint density at radius 1 is 1.27 bits per heavy atom. The molecule has 2 nitrogen and oxygen atoms in total. The Labute approximate surface area is 94.5 Å². The van der Waals surface area contributed by atoms with Gasteiger partial charge in [0.2, 0.25) is 0 Å². The molecule has 0 saturated heterocycles. The minimum Gasteiger partial charge on any atom is -0.305 e. The molecule has 0 atom stereocenters. The van der Waals surface area contributed by atoms with Crippen LogP contribution in [0, 0.1) is 0 Å². The summed E-state index contributed by atoms with van der Waals surface area (Å²) in [7, 11) is 4.04. The molecule has 2 aromatic rings. The largest absolute Gasteiger partial charge is 0.305 e. The zero-order valence-corrected chi connectivity index (χ0v) is 9.62. The van der Waals surface area contributed by atoms with Crippen LogP contribution in [0.1, 0.15) is 5.56 Å². The first-order valence-corrected chi connectivity index (χ1v) is 5.23. The lowest BCUT2D eigenvalue weighted by molar-refractivity contribution is 0.402. The highest BCUT2D eigenvalue weighted by Crippen LogP contribution is 2.20. The monoisotopic (exact) mass is 220 g/mol. The maximum Gasteiger partial charge on any atom is 0.134 e. The van der Waals surface area contributed by atoms with Gasteiger partial charge in [0.25, 0.3) is 0 Å². The summed E-state index contributed by atoms with van der Waals surface area (Å²) in [5.41, 5.74) is 2.02. The van der Waals surface area contributed by atoms with E-state index in [4.69, 9.17) is 11.6 Å². The SMILES string of the molecule is CN(C)Cc1cc2ccccc2nc1Cl. The highest BCUT2D eigenvalue weighted by molar-refractivity contribution is 6.30. The molecule has 0 aliphatic rings. The first-order chi connectivity index (χ1) is 7.16. The van der Waals surface area contributed by atoms with E-state index in [1.54, 1.807) is 0 Å². The number of nitrogens with zero attached hydrogens (tertiary/aromatic N) is 2. The number of benzene rings is 1. The predicted octanol–water partition coefficient (Wildman–Crippen LogP) is 2.95. The third kappa shape index (κ3) is 2.28. The van der Waals surface area contributed by atoms with Crippen LogP contribution >= 0.6 is 11.6 Å². The minimum absolute atomic E-state index is 0.599. The van der Waals surface area contributed by atoms with Crippen molar-refractivity contribution in [3.63, 3.8) is 0 Å². The van der Waals surface area contributed by atoms with Gasteiger partial charge >= 0.3 is 0 Å². The Balaban J connectivity index is 2.52. The lowest BCUT2D eigenvalue weighted by Crippen LogP contribution is -2.11. The van der Waals surface area contributed by atoms with Gasteiger partial charge in [-0.15, -0.1) is 0 Å². The lowest BCUT2D eigenvalue weighted by Gasteiger charge is -2.11. The fourth-order valence-corrected chi connectivity index (χ4v) is 1.79. The molecular weight excluding hydrogens is 208 g/mol. The summed E-state index contributed by atoms with van der Waals surface area (Å²) in [6.45, 7) is 0.816. The summed E-state index contributed by atoms with van der Waals surface area (Å²) in [5, 5.41) is 1.74. The first-order valence-electron chi connectivity index (χ1n) is 4.86. The van der Waals surface area contributed by atoms with Crippen LogP contribution < -0.4 is 0 Å². The van der Waals surface area contributed by atoms with E-state index in [2.05, 4.69) is 22.0 Å². The van der Waals surface area contributed by atoms with E-state index in [1.165, 1.54) is 0 Å². The van der Waals surface area contributed by atoms with Gasteiger partial charge in [0.15, 0.2) is 0 Å². The number of aromatic nitrogens is 1. The summed E-state index contributed by atoms with van der Waals surface area (Å²) in [6.07, 6.45) is 0. The molecule has 78 valence electrons. The van der Waals surface area contributed by atoms with Crippen LogP contribution in [0.2, 0.25) is 5.15 Å². The summed E-state index contributed by atoms with van der Waals surface area (Å²) in [5.74, 6) is 0. The van der Waals surface area contributed by atoms with Crippen LogP contribution in [0.15, 0.2) is 30.3 Å². The van der Waals surface area contributed by atoms with Gasteiger partial charge < -0.3 is 4.90 Å². The molecule has 0 bridgehead atoms. The van der Waals surface area contributed by atoms with Gasteiger partial charge in [-0.05, 0) is 26.2 Å². The minimum atomic E-state index is 0.599. The highest BCUT2D eigenvalue weighted by atomic mass is 35.5. The van der Waals surface area contributed by atoms with Gasteiger partial charge in [-0.25, -0.2) is 4.98 Å². The molecule has 3 heteroatoms. The highest BCUT2D eigenvalue weighted by Gasteiger charge is 2.05. The second-order valence-electron chi connectivity index (χ2n) is 3.87. The van der Waals surface area contributed by atoms with Crippen molar-refractivity contribution in [1.82, 2.24) is 9.88 Å². The van der Waals surface area contributed by atoms with Crippen LogP contribution in [0.3, 0.4) is 0 Å². The molecule has 0 unspecified atom stereocenters. The average Bonchev–Trinajstić information content (AvgIpc) is 2.18. The van der Waals surface area contributed by atoms with Crippen LogP contribution in [0.4, 0.5) is 0 Å². The van der Waals surface area contributed by atoms with Crippen molar-refractivity contribution in [2.75, 3.05) is 14.1 Å². The lowest BCUT2D eigenvalue weighted by atomic mass is 10.1. The predicted molar refractivity (Wildman–Crippen MR) is 64.1 cm³/mol. The van der Waals surface area contributed by atoms with E-state index < -0.39 is 0 Å². The fraction of sp³-hybridized carbons (Fsp3) is 0.250. The van der Waals surface area contributed by atoms with Crippen molar-refractivity contribution in [3.05, 3.63) is 41.0 Å². The molecule has 0 amide bonds. The first kappa shape index (κ1) is 10.4. The van der Waals surface area contributed by atoms with E-state index in [-0.39, 0.29) is 0 Å². The number of rotatable bonds is 2. The molecular formula is C12H13ClN2. The average molecular weight is 221 g/mol. The Morgan fingerprint density at radius 3 is 2.73 bits per heavy atom. The molecule has 15 heavy (non-hydrogen) atoms. The summed E-state index contributed by atoms with van der Waals surface area (Å²) < 4.78 is 0. The Hall–Kier alpha value is -1.12. The van der Waals surface area contributed by atoms with E-state index in [1.807, 2.05) is 32.3 Å². The molecule has 0 aliphatic heterocycles. The van der Waals surface area contributed by atoms with E-state index >= 15 is 0 Å². The molecule has 0 aliphatic carbocycles. The van der Waals surface area contributed by atoms with Crippen molar-refractivity contribution in [2.45, 2.75) is 6.54 Å². The fourth-order valence-electron chi connectivity index (χ4n) is 1.59. The molecule has 0 saturated carbocycles. The van der Waals surface area contributed by atoms with Crippen molar-refractivity contribution < 1.29 is 0 Å². The van der Waals surface area contributed by atoms with Crippen LogP contribution in [-0.2, 0) is 6.54 Å². The van der Waals surface area contributed by atoms with Crippen molar-refractivity contribution in [2.24, 2.45) is 0 Å². The summed E-state index contributed by atoms with van der Waals surface area (Å²) in [4.78, 5) is 6.45. The van der Waals surface area contributed by atoms with E-state index in [0.717, 1.165) is 23.0 Å². The number of pyridine rings is 1. The van der Waals surface area contributed by atoms with Gasteiger partial charge in [0.05, 0.1) is 5.52 Å². The van der Waals surface area contributed by atoms with Gasteiger partial charge in [-0.3, -0.25) is 0 Å². The van der Waals surface area contributed by atoms with Crippen molar-refractivity contribution >= 4 is 22.5 Å². The zero-order chi connectivity index (χ0) is 10.8. The van der Waals surface area contributed by atoms with Gasteiger partial charge in [-0.1, -0.05) is 29.8 Å². The molecule has 1 aromatic heterocycles. The molecule has 2 rings (SSSR count). The van der Waals surface area contributed by atoms with E-state index in [0.29, 0.717) is 5.15 Å². The molecule has 0 N–H and O–H groups in total. The van der Waals surface area contributed by atoms with Crippen molar-refractivity contribution in [1.29, 1.82) is 0 Å². The van der Waals surface area contributed by atoms with Gasteiger partial charge in [0.1, 0.15) is 5.15 Å². The second-order valence-corrected chi connectivity index (χ2v) is 4.23. The number of halogens is 1. The smallest absolute Gasteiger partial charge is 0.134 e. The molecule has 0 fully saturated rings. The topological polar surface area (TPSA) is 16.1 Å². The molecule has 0 spiro atoms. The maximum atomic E-state index is 6.11. The quantitative estimate of drug-likeness (QED) is 0.724. The number of fused-ring (bicyclic) bond motifs is 1. The standard InChI is InChI=1S/C12H13ClN2/c1-15(2)8-10-7-9-5-3-4-6-11(9)14-12(10)13/h3-7H,8H2,1-2H3. The summed E-state index contributed by atoms with van der Waals surface area (Å²) >= 11 is 6.11. The normalized spacial score (nSPS) is 11.2. The Kier molecular flexibility index (Phi) is 2.89. The third-order valence-electron chi connectivity index (χ3n) is 2.24. The third-order valence-corrected chi connectivity index (χ3v) is 2.56. The Bertz CT molecular complexity index is 480.